The Morgan fingerprint density at radius 1 is 0.769 bits per heavy atom. The van der Waals surface area contributed by atoms with Gasteiger partial charge in [-0.2, -0.15) is 0 Å². The maximum absolute atomic E-state index is 6.61. The Morgan fingerprint density at radius 3 is 1.77 bits per heavy atom. The van der Waals surface area contributed by atoms with Gasteiger partial charge in [-0.05, 0) is 65.7 Å². The molecular formula is C16H37BO6Si3. The van der Waals surface area contributed by atoms with E-state index in [1.807, 2.05) is 6.82 Å². The number of hydrogen-bond acceptors (Lipinski definition) is 6. The van der Waals surface area contributed by atoms with Gasteiger partial charge in [-0.15, -0.1) is 0 Å². The smallest absolute Gasteiger partial charge is 0.409 e. The molecule has 6 nitrogen and oxygen atoms in total. The zero-order valence-corrected chi connectivity index (χ0v) is 21.1. The van der Waals surface area contributed by atoms with Crippen LogP contribution in [0.3, 0.4) is 0 Å². The molecule has 0 aromatic rings. The first-order valence-electron chi connectivity index (χ1n) is 9.61. The number of ether oxygens (including phenoxy) is 1. The first-order valence-corrected chi connectivity index (χ1v) is 19.8. The molecule has 2 heterocycles. The van der Waals surface area contributed by atoms with Gasteiger partial charge in [0, 0.05) is 0 Å². The largest absolute Gasteiger partial charge is 0.453 e. The van der Waals surface area contributed by atoms with Gasteiger partial charge in [-0.1, -0.05) is 0 Å². The average Bonchev–Trinajstić information content (AvgIpc) is 2.39. The summed E-state index contributed by atoms with van der Waals surface area (Å²) >= 11 is 0. The molecule has 2 aliphatic heterocycles. The molecule has 2 saturated heterocycles. The van der Waals surface area contributed by atoms with Crippen molar-refractivity contribution >= 4 is 32.1 Å². The average molecular weight is 421 g/mol. The molecule has 0 amide bonds. The quantitative estimate of drug-likeness (QED) is 0.613. The fraction of sp³-hybridized carbons (Fsp3) is 1.00. The standard InChI is InChI=1S/C16H37BO6Si3/c1-17-18-11-12-13(20-17)14(21-24(2,3)4)15(22-25(5,6)7)16(19-12)23-26(8,9)10/h12-16H,11H2,1-10H3. The van der Waals surface area contributed by atoms with Crippen molar-refractivity contribution in [2.45, 2.75) is 96.5 Å². The fourth-order valence-electron chi connectivity index (χ4n) is 3.19. The van der Waals surface area contributed by atoms with Crippen molar-refractivity contribution in [3.05, 3.63) is 0 Å². The molecule has 0 aromatic heterocycles. The summed E-state index contributed by atoms with van der Waals surface area (Å²) in [6.45, 7) is 22.0. The molecule has 152 valence electrons. The Labute approximate surface area is 162 Å². The predicted octanol–water partition coefficient (Wildman–Crippen LogP) is 3.54. The van der Waals surface area contributed by atoms with Crippen molar-refractivity contribution in [2.75, 3.05) is 6.61 Å². The normalized spacial score (nSPS) is 33.9. The van der Waals surface area contributed by atoms with Crippen LogP contribution < -0.4 is 0 Å². The summed E-state index contributed by atoms with van der Waals surface area (Å²) in [5.74, 6) is 0. The monoisotopic (exact) mass is 420 g/mol. The molecule has 2 rings (SSSR count). The van der Waals surface area contributed by atoms with Crippen molar-refractivity contribution in [3.8, 4) is 0 Å². The lowest BCUT2D eigenvalue weighted by Crippen LogP contribution is -2.68. The second-order valence-electron chi connectivity index (χ2n) is 10.2. The van der Waals surface area contributed by atoms with Crippen LogP contribution in [0, 0.1) is 0 Å². The summed E-state index contributed by atoms with van der Waals surface area (Å²) in [4.78, 5) is 0. The van der Waals surface area contributed by atoms with E-state index in [4.69, 9.17) is 27.3 Å². The highest BCUT2D eigenvalue weighted by Gasteiger charge is 2.53. The second-order valence-corrected chi connectivity index (χ2v) is 23.5. The topological polar surface area (TPSA) is 55.4 Å². The zero-order valence-electron chi connectivity index (χ0n) is 18.1. The number of fused-ring (bicyclic) bond motifs is 1. The van der Waals surface area contributed by atoms with Crippen molar-refractivity contribution in [3.63, 3.8) is 0 Å². The van der Waals surface area contributed by atoms with Gasteiger partial charge in [-0.3, -0.25) is 0 Å². The fourth-order valence-corrected chi connectivity index (χ4v) is 6.22. The van der Waals surface area contributed by atoms with E-state index in [-0.39, 0.29) is 31.5 Å². The third kappa shape index (κ3) is 6.82. The van der Waals surface area contributed by atoms with Crippen LogP contribution in [0.2, 0.25) is 65.7 Å². The van der Waals surface area contributed by atoms with Crippen LogP contribution in [0.15, 0.2) is 0 Å². The molecular weight excluding hydrogens is 383 g/mol. The highest BCUT2D eigenvalue weighted by Crippen LogP contribution is 2.35. The second kappa shape index (κ2) is 8.07. The highest BCUT2D eigenvalue weighted by molar-refractivity contribution is 6.70. The minimum atomic E-state index is -1.85. The Morgan fingerprint density at radius 2 is 1.27 bits per heavy atom. The summed E-state index contributed by atoms with van der Waals surface area (Å²) in [6.07, 6.45) is -1.34. The van der Waals surface area contributed by atoms with Gasteiger partial charge < -0.3 is 27.3 Å². The Kier molecular flexibility index (Phi) is 7.07. The molecule has 0 saturated carbocycles. The highest BCUT2D eigenvalue weighted by atomic mass is 28.4. The van der Waals surface area contributed by atoms with Crippen molar-refractivity contribution < 1.29 is 27.3 Å². The van der Waals surface area contributed by atoms with Crippen molar-refractivity contribution in [1.29, 1.82) is 0 Å². The Balaban J connectivity index is 2.36. The molecule has 5 unspecified atom stereocenters. The molecule has 10 heteroatoms. The Hall–Kier alpha value is 0.476. The first kappa shape index (κ1) is 22.8. The van der Waals surface area contributed by atoms with Gasteiger partial charge in [0.1, 0.15) is 18.3 Å². The van der Waals surface area contributed by atoms with Gasteiger partial charge >= 0.3 is 7.12 Å². The van der Waals surface area contributed by atoms with E-state index >= 15 is 0 Å². The molecule has 26 heavy (non-hydrogen) atoms. The van der Waals surface area contributed by atoms with Crippen molar-refractivity contribution in [1.82, 2.24) is 0 Å². The van der Waals surface area contributed by atoms with Gasteiger partial charge in [0.2, 0.25) is 0 Å². The lowest BCUT2D eigenvalue weighted by atomic mass is 9.88. The van der Waals surface area contributed by atoms with E-state index in [2.05, 4.69) is 58.9 Å². The van der Waals surface area contributed by atoms with Crippen LogP contribution in [0.1, 0.15) is 0 Å². The Bertz CT molecular complexity index is 476. The summed E-state index contributed by atoms with van der Waals surface area (Å²) in [5, 5.41) is 0. The first-order chi connectivity index (χ1) is 11.6. The SMILES string of the molecule is CB1OCC2OC(O[Si](C)(C)C)C(O[Si](C)(C)C)C(O[Si](C)(C)C)C2O1. The van der Waals surface area contributed by atoms with Crippen LogP contribution in [0.5, 0.6) is 0 Å². The third-order valence-electron chi connectivity index (χ3n) is 3.88. The molecule has 0 spiro atoms. The molecule has 5 atom stereocenters. The van der Waals surface area contributed by atoms with E-state index in [0.29, 0.717) is 6.61 Å². The van der Waals surface area contributed by atoms with Gasteiger partial charge in [-0.25, -0.2) is 0 Å². The van der Waals surface area contributed by atoms with Gasteiger partial charge in [0.05, 0.1) is 12.7 Å². The lowest BCUT2D eigenvalue weighted by molar-refractivity contribution is -0.278. The summed E-state index contributed by atoms with van der Waals surface area (Å²) in [5.41, 5.74) is 0. The van der Waals surface area contributed by atoms with Crippen LogP contribution in [-0.2, 0) is 27.3 Å². The summed E-state index contributed by atoms with van der Waals surface area (Å²) < 4.78 is 37.7. The van der Waals surface area contributed by atoms with E-state index in [0.717, 1.165) is 0 Å². The van der Waals surface area contributed by atoms with Gasteiger partial charge in [0.15, 0.2) is 31.2 Å². The molecule has 0 N–H and O–H groups in total. The van der Waals surface area contributed by atoms with Gasteiger partial charge in [0.25, 0.3) is 0 Å². The maximum Gasteiger partial charge on any atom is 0.453 e. The molecule has 0 bridgehead atoms. The number of hydrogen-bond donors (Lipinski definition) is 0. The van der Waals surface area contributed by atoms with E-state index in [1.165, 1.54) is 0 Å². The van der Waals surface area contributed by atoms with Crippen molar-refractivity contribution in [2.24, 2.45) is 0 Å². The summed E-state index contributed by atoms with van der Waals surface area (Å²) in [7, 11) is -5.79. The van der Waals surface area contributed by atoms with Crippen LogP contribution in [0.4, 0.5) is 0 Å². The van der Waals surface area contributed by atoms with E-state index in [1.54, 1.807) is 0 Å². The number of rotatable bonds is 6. The minimum absolute atomic E-state index is 0.199. The van der Waals surface area contributed by atoms with E-state index < -0.39 is 31.2 Å². The zero-order chi connectivity index (χ0) is 19.9. The molecule has 2 aliphatic rings. The maximum atomic E-state index is 6.61. The third-order valence-corrected chi connectivity index (χ3v) is 6.78. The molecule has 0 aromatic carbocycles. The molecule has 0 radical (unpaired) electrons. The lowest BCUT2D eigenvalue weighted by Gasteiger charge is -2.52. The van der Waals surface area contributed by atoms with E-state index in [9.17, 15) is 0 Å². The molecule has 0 aliphatic carbocycles. The minimum Gasteiger partial charge on any atom is -0.409 e. The van der Waals surface area contributed by atoms with Crippen LogP contribution >= 0.6 is 0 Å². The summed E-state index contributed by atoms with van der Waals surface area (Å²) in [6, 6.07) is 0. The predicted molar refractivity (Wildman–Crippen MR) is 112 cm³/mol. The van der Waals surface area contributed by atoms with Crippen LogP contribution in [0.25, 0.3) is 0 Å². The van der Waals surface area contributed by atoms with Crippen LogP contribution in [-0.4, -0.2) is 69.4 Å². The molecule has 2 fully saturated rings.